The average Bonchev–Trinajstić information content (AvgIpc) is 2.71. The van der Waals surface area contributed by atoms with Crippen molar-refractivity contribution in [1.29, 1.82) is 0 Å². The normalized spacial score (nSPS) is 22.0. The van der Waals surface area contributed by atoms with Crippen molar-refractivity contribution in [3.05, 3.63) is 76.8 Å². The molecule has 0 aliphatic carbocycles. The van der Waals surface area contributed by atoms with E-state index >= 15 is 0 Å². The lowest BCUT2D eigenvalue weighted by molar-refractivity contribution is -0.245. The van der Waals surface area contributed by atoms with Crippen molar-refractivity contribution in [2.75, 3.05) is 6.61 Å². The SMILES string of the molecule is O=C(O)CCC=CCC[C@@H]1CO[C@H](c2ccccc2Cl)O[C@@H]1c1ccccc1O. The third-order valence-electron chi connectivity index (χ3n) is 4.96. The van der Waals surface area contributed by atoms with E-state index < -0.39 is 12.3 Å². The van der Waals surface area contributed by atoms with Crippen molar-refractivity contribution in [2.45, 2.75) is 38.1 Å². The molecule has 0 bridgehead atoms. The Bertz CT molecular complexity index is 851. The molecule has 0 amide bonds. The van der Waals surface area contributed by atoms with E-state index in [4.69, 9.17) is 26.2 Å². The van der Waals surface area contributed by atoms with E-state index in [0.29, 0.717) is 18.1 Å². The minimum atomic E-state index is -0.797. The number of benzene rings is 2. The zero-order chi connectivity index (χ0) is 20.6. The fourth-order valence-electron chi connectivity index (χ4n) is 3.45. The predicted molar refractivity (Wildman–Crippen MR) is 111 cm³/mol. The number of phenolic OH excluding ortho intramolecular Hbond substituents is 1. The quantitative estimate of drug-likeness (QED) is 0.544. The molecule has 1 saturated heterocycles. The number of halogens is 1. The summed E-state index contributed by atoms with van der Waals surface area (Å²) in [6.45, 7) is 0.470. The lowest BCUT2D eigenvalue weighted by Crippen LogP contribution is -2.30. The largest absolute Gasteiger partial charge is 0.508 e. The van der Waals surface area contributed by atoms with Crippen LogP contribution in [0.25, 0.3) is 0 Å². The number of allylic oxidation sites excluding steroid dienone is 2. The van der Waals surface area contributed by atoms with E-state index in [1.165, 1.54) is 0 Å². The zero-order valence-corrected chi connectivity index (χ0v) is 16.8. The molecule has 6 heteroatoms. The van der Waals surface area contributed by atoms with E-state index in [1.807, 2.05) is 42.5 Å². The summed E-state index contributed by atoms with van der Waals surface area (Å²) in [5.74, 6) is -0.556. The molecule has 0 unspecified atom stereocenters. The Kier molecular flexibility index (Phi) is 7.69. The lowest BCUT2D eigenvalue weighted by atomic mass is 9.90. The number of hydrogen-bond acceptors (Lipinski definition) is 4. The van der Waals surface area contributed by atoms with Gasteiger partial charge in [-0.2, -0.15) is 0 Å². The molecule has 0 radical (unpaired) electrons. The molecular formula is C23H25ClO5. The van der Waals surface area contributed by atoms with Gasteiger partial charge in [0.15, 0.2) is 6.29 Å². The maximum atomic E-state index is 10.6. The van der Waals surface area contributed by atoms with Crippen molar-refractivity contribution in [1.82, 2.24) is 0 Å². The highest BCUT2D eigenvalue weighted by Gasteiger charge is 2.35. The van der Waals surface area contributed by atoms with E-state index in [1.54, 1.807) is 18.2 Å². The van der Waals surface area contributed by atoms with Crippen LogP contribution in [0.2, 0.25) is 5.02 Å². The summed E-state index contributed by atoms with van der Waals surface area (Å²) < 4.78 is 12.2. The van der Waals surface area contributed by atoms with E-state index in [-0.39, 0.29) is 24.2 Å². The molecule has 29 heavy (non-hydrogen) atoms. The highest BCUT2D eigenvalue weighted by atomic mass is 35.5. The van der Waals surface area contributed by atoms with Crippen LogP contribution in [0.15, 0.2) is 60.7 Å². The minimum absolute atomic E-state index is 0.0474. The van der Waals surface area contributed by atoms with Gasteiger partial charge in [0.1, 0.15) is 5.75 Å². The Labute approximate surface area is 175 Å². The fraction of sp³-hybridized carbons (Fsp3) is 0.348. The second-order valence-electron chi connectivity index (χ2n) is 7.04. The predicted octanol–water partition coefficient (Wildman–Crippen LogP) is 5.65. The monoisotopic (exact) mass is 416 g/mol. The van der Waals surface area contributed by atoms with Crippen LogP contribution in [0.4, 0.5) is 0 Å². The van der Waals surface area contributed by atoms with E-state index in [2.05, 4.69) is 0 Å². The minimum Gasteiger partial charge on any atom is -0.508 e. The van der Waals surface area contributed by atoms with Crippen LogP contribution >= 0.6 is 11.6 Å². The highest BCUT2D eigenvalue weighted by molar-refractivity contribution is 6.31. The molecule has 2 aromatic rings. The molecule has 5 nitrogen and oxygen atoms in total. The first-order valence-corrected chi connectivity index (χ1v) is 10.1. The first kappa shape index (κ1) is 21.4. The van der Waals surface area contributed by atoms with Crippen LogP contribution in [0.5, 0.6) is 5.75 Å². The number of aliphatic carboxylic acids is 1. The van der Waals surface area contributed by atoms with Crippen molar-refractivity contribution in [3.8, 4) is 5.75 Å². The Hall–Kier alpha value is -2.34. The summed E-state index contributed by atoms with van der Waals surface area (Å²) in [6, 6.07) is 14.6. The van der Waals surface area contributed by atoms with Crippen molar-refractivity contribution in [2.24, 2.45) is 5.92 Å². The molecule has 1 aliphatic rings. The fourth-order valence-corrected chi connectivity index (χ4v) is 3.68. The van der Waals surface area contributed by atoms with Gasteiger partial charge in [0.05, 0.1) is 12.7 Å². The van der Waals surface area contributed by atoms with E-state index in [9.17, 15) is 9.90 Å². The smallest absolute Gasteiger partial charge is 0.303 e. The van der Waals surface area contributed by atoms with Crippen molar-refractivity contribution in [3.63, 3.8) is 0 Å². The summed E-state index contributed by atoms with van der Waals surface area (Å²) in [5.41, 5.74) is 1.49. The summed E-state index contributed by atoms with van der Waals surface area (Å²) >= 11 is 6.31. The number of carboxylic acid groups (broad SMARTS) is 1. The zero-order valence-electron chi connectivity index (χ0n) is 16.0. The first-order valence-electron chi connectivity index (χ1n) is 9.72. The van der Waals surface area contributed by atoms with Gasteiger partial charge in [-0.25, -0.2) is 0 Å². The van der Waals surface area contributed by atoms with Crippen LogP contribution < -0.4 is 0 Å². The molecule has 154 valence electrons. The number of phenols is 1. The van der Waals surface area contributed by atoms with Gasteiger partial charge in [-0.1, -0.05) is 60.2 Å². The Morgan fingerprint density at radius 3 is 2.48 bits per heavy atom. The number of carbonyl (C=O) groups is 1. The molecular weight excluding hydrogens is 392 g/mol. The number of ether oxygens (including phenoxy) is 2. The van der Waals surface area contributed by atoms with Gasteiger partial charge in [0.25, 0.3) is 0 Å². The highest BCUT2D eigenvalue weighted by Crippen LogP contribution is 2.43. The molecule has 3 atom stereocenters. The summed E-state index contributed by atoms with van der Waals surface area (Å²) in [7, 11) is 0. The Morgan fingerprint density at radius 2 is 1.76 bits per heavy atom. The van der Waals surface area contributed by atoms with Crippen LogP contribution in [-0.4, -0.2) is 22.8 Å². The van der Waals surface area contributed by atoms with Crippen LogP contribution in [0.1, 0.15) is 49.2 Å². The van der Waals surface area contributed by atoms with Crippen LogP contribution in [0, 0.1) is 5.92 Å². The van der Waals surface area contributed by atoms with Gasteiger partial charge >= 0.3 is 5.97 Å². The third kappa shape index (κ3) is 5.82. The second-order valence-corrected chi connectivity index (χ2v) is 7.45. The molecule has 1 heterocycles. The van der Waals surface area contributed by atoms with Gasteiger partial charge < -0.3 is 19.7 Å². The molecule has 0 aromatic heterocycles. The average molecular weight is 417 g/mol. The second kappa shape index (κ2) is 10.4. The Morgan fingerprint density at radius 1 is 1.07 bits per heavy atom. The summed E-state index contributed by atoms with van der Waals surface area (Å²) in [6.07, 6.45) is 5.16. The molecule has 1 fully saturated rings. The lowest BCUT2D eigenvalue weighted by Gasteiger charge is -2.37. The van der Waals surface area contributed by atoms with Gasteiger partial charge in [0, 0.05) is 28.5 Å². The maximum absolute atomic E-state index is 10.6. The van der Waals surface area contributed by atoms with Gasteiger partial charge in [0.2, 0.25) is 0 Å². The number of hydrogen-bond donors (Lipinski definition) is 2. The van der Waals surface area contributed by atoms with Gasteiger partial charge in [-0.3, -0.25) is 4.79 Å². The van der Waals surface area contributed by atoms with Gasteiger partial charge in [-0.05, 0) is 31.4 Å². The number of carboxylic acids is 1. The standard InChI is InChI=1S/C23H25ClO5/c24-19-12-7-5-10-17(19)23-28-15-16(9-3-1-2-4-14-21(26)27)22(29-23)18-11-6-8-13-20(18)25/h1-2,5-8,10-13,16,22-23,25H,3-4,9,14-15H2,(H,26,27)/t16-,22+,23+/m1/s1. The van der Waals surface area contributed by atoms with Crippen LogP contribution in [0.3, 0.4) is 0 Å². The molecule has 1 aliphatic heterocycles. The summed E-state index contributed by atoms with van der Waals surface area (Å²) in [5, 5.41) is 19.6. The third-order valence-corrected chi connectivity index (χ3v) is 5.30. The molecule has 0 saturated carbocycles. The number of rotatable bonds is 8. The molecule has 2 aromatic carbocycles. The molecule has 2 N–H and O–H groups in total. The molecule has 0 spiro atoms. The first-order chi connectivity index (χ1) is 14.1. The Balaban J connectivity index is 1.72. The van der Waals surface area contributed by atoms with Gasteiger partial charge in [-0.15, -0.1) is 0 Å². The van der Waals surface area contributed by atoms with Crippen molar-refractivity contribution < 1.29 is 24.5 Å². The topological polar surface area (TPSA) is 76.0 Å². The number of aromatic hydroxyl groups is 1. The maximum Gasteiger partial charge on any atom is 0.303 e. The van der Waals surface area contributed by atoms with Crippen LogP contribution in [-0.2, 0) is 14.3 Å². The summed E-state index contributed by atoms with van der Waals surface area (Å²) in [4.78, 5) is 10.6. The number of para-hydroxylation sites is 1. The van der Waals surface area contributed by atoms with Crippen molar-refractivity contribution >= 4 is 17.6 Å². The molecule has 3 rings (SSSR count). The van der Waals surface area contributed by atoms with E-state index in [0.717, 1.165) is 24.0 Å².